The molecule has 1 aliphatic heterocycles. The molecule has 100 valence electrons. The Labute approximate surface area is 109 Å². The molecule has 0 aromatic carbocycles. The second-order valence-corrected chi connectivity index (χ2v) is 5.14. The molecule has 2 heterocycles. The lowest BCUT2D eigenvalue weighted by Gasteiger charge is -2.22. The van der Waals surface area contributed by atoms with Gasteiger partial charge in [0.05, 0.1) is 6.61 Å². The van der Waals surface area contributed by atoms with E-state index in [0.717, 1.165) is 49.9 Å². The predicted octanol–water partition coefficient (Wildman–Crippen LogP) is 2.93. The largest absolute Gasteiger partial charge is 0.381 e. The fourth-order valence-corrected chi connectivity index (χ4v) is 2.18. The zero-order valence-corrected chi connectivity index (χ0v) is 11.6. The van der Waals surface area contributed by atoms with Gasteiger partial charge in [-0.3, -0.25) is 0 Å². The smallest absolute Gasteiger partial charge is 0.136 e. The van der Waals surface area contributed by atoms with Crippen molar-refractivity contribution in [3.63, 3.8) is 0 Å². The number of rotatable bonds is 4. The fourth-order valence-electron chi connectivity index (χ4n) is 2.18. The summed E-state index contributed by atoms with van der Waals surface area (Å²) in [7, 11) is 0. The molecule has 1 atom stereocenters. The van der Waals surface area contributed by atoms with Crippen molar-refractivity contribution in [2.75, 3.05) is 25.1 Å². The van der Waals surface area contributed by atoms with Gasteiger partial charge in [0.1, 0.15) is 11.6 Å². The molecule has 1 saturated heterocycles. The Kier molecular flexibility index (Phi) is 4.53. The fraction of sp³-hybridized carbons (Fsp3) is 0.714. The maximum Gasteiger partial charge on any atom is 0.136 e. The summed E-state index contributed by atoms with van der Waals surface area (Å²) in [6, 6.07) is 2.06. The molecular weight excluding hydrogens is 226 g/mol. The van der Waals surface area contributed by atoms with Crippen LogP contribution >= 0.6 is 0 Å². The summed E-state index contributed by atoms with van der Waals surface area (Å²) in [4.78, 5) is 9.33. The first-order valence-electron chi connectivity index (χ1n) is 6.91. The summed E-state index contributed by atoms with van der Waals surface area (Å²) in [5.41, 5.74) is 1.11. The van der Waals surface area contributed by atoms with Crippen LogP contribution < -0.4 is 5.32 Å². The molecule has 0 saturated carbocycles. The van der Waals surface area contributed by atoms with Gasteiger partial charge in [0.15, 0.2) is 0 Å². The van der Waals surface area contributed by atoms with Gasteiger partial charge in [-0.05, 0) is 25.7 Å². The van der Waals surface area contributed by atoms with Crippen molar-refractivity contribution in [3.05, 3.63) is 17.6 Å². The lowest BCUT2D eigenvalue weighted by Crippen LogP contribution is -2.19. The highest BCUT2D eigenvalue weighted by Gasteiger charge is 2.20. The van der Waals surface area contributed by atoms with Crippen molar-refractivity contribution < 1.29 is 4.74 Å². The number of aromatic nitrogens is 2. The third-order valence-electron chi connectivity index (χ3n) is 3.24. The van der Waals surface area contributed by atoms with E-state index in [9.17, 15) is 0 Å². The summed E-state index contributed by atoms with van der Waals surface area (Å²) < 4.78 is 5.54. The van der Waals surface area contributed by atoms with Gasteiger partial charge in [0, 0.05) is 30.8 Å². The average Bonchev–Trinajstić information content (AvgIpc) is 2.40. The Morgan fingerprint density at radius 3 is 2.89 bits per heavy atom. The minimum atomic E-state index is 0.356. The number of anilines is 1. The first-order chi connectivity index (χ1) is 8.70. The lowest BCUT2D eigenvalue weighted by molar-refractivity contribution is 0.0780. The highest BCUT2D eigenvalue weighted by atomic mass is 16.5. The molecule has 2 rings (SSSR count). The van der Waals surface area contributed by atoms with Crippen molar-refractivity contribution in [2.24, 2.45) is 0 Å². The van der Waals surface area contributed by atoms with Gasteiger partial charge >= 0.3 is 0 Å². The van der Waals surface area contributed by atoms with E-state index in [0.29, 0.717) is 11.8 Å². The summed E-state index contributed by atoms with van der Waals surface area (Å²) in [6.07, 6.45) is 2.24. The molecule has 1 unspecified atom stereocenters. The van der Waals surface area contributed by atoms with E-state index in [1.165, 1.54) is 0 Å². The second kappa shape index (κ2) is 6.14. The molecule has 0 radical (unpaired) electrons. The lowest BCUT2D eigenvalue weighted by atomic mass is 10.0. The quantitative estimate of drug-likeness (QED) is 0.891. The third-order valence-corrected chi connectivity index (χ3v) is 3.24. The van der Waals surface area contributed by atoms with Crippen LogP contribution in [-0.4, -0.2) is 29.7 Å². The molecule has 1 aliphatic rings. The van der Waals surface area contributed by atoms with Crippen LogP contribution in [0.25, 0.3) is 0 Å². The maximum absolute atomic E-state index is 5.54. The Balaban J connectivity index is 2.26. The predicted molar refractivity (Wildman–Crippen MR) is 73.1 cm³/mol. The van der Waals surface area contributed by atoms with E-state index in [2.05, 4.69) is 37.1 Å². The summed E-state index contributed by atoms with van der Waals surface area (Å²) in [6.45, 7) is 8.93. The van der Waals surface area contributed by atoms with Crippen LogP contribution in [0.1, 0.15) is 57.0 Å². The van der Waals surface area contributed by atoms with E-state index in [-0.39, 0.29) is 0 Å². The van der Waals surface area contributed by atoms with Crippen molar-refractivity contribution in [1.82, 2.24) is 9.97 Å². The van der Waals surface area contributed by atoms with Crippen LogP contribution in [0, 0.1) is 0 Å². The second-order valence-electron chi connectivity index (χ2n) is 5.14. The van der Waals surface area contributed by atoms with Gasteiger partial charge in [-0.15, -0.1) is 0 Å². The third kappa shape index (κ3) is 3.19. The normalized spacial score (nSPS) is 20.1. The minimum absolute atomic E-state index is 0.356. The molecule has 0 bridgehead atoms. The molecule has 4 heteroatoms. The van der Waals surface area contributed by atoms with Crippen LogP contribution in [0.5, 0.6) is 0 Å². The molecule has 1 aromatic heterocycles. The molecule has 1 aromatic rings. The van der Waals surface area contributed by atoms with E-state index in [1.54, 1.807) is 0 Å². The van der Waals surface area contributed by atoms with Crippen LogP contribution in [-0.2, 0) is 4.74 Å². The van der Waals surface area contributed by atoms with Gasteiger partial charge in [-0.1, -0.05) is 13.8 Å². The number of hydrogen-bond donors (Lipinski definition) is 1. The molecule has 1 fully saturated rings. The van der Waals surface area contributed by atoms with Gasteiger partial charge in [0.2, 0.25) is 0 Å². The van der Waals surface area contributed by atoms with Gasteiger partial charge in [0.25, 0.3) is 0 Å². The first kappa shape index (κ1) is 13.3. The Bertz CT molecular complexity index is 387. The zero-order chi connectivity index (χ0) is 13.0. The SMILES string of the molecule is CCNc1cc(C(C)C)nc(C2CCCOC2)n1. The highest BCUT2D eigenvalue weighted by molar-refractivity contribution is 5.37. The van der Waals surface area contributed by atoms with Gasteiger partial charge in [-0.2, -0.15) is 0 Å². The Morgan fingerprint density at radius 1 is 1.44 bits per heavy atom. The van der Waals surface area contributed by atoms with E-state index in [4.69, 9.17) is 9.72 Å². The van der Waals surface area contributed by atoms with Crippen molar-refractivity contribution in [1.29, 1.82) is 0 Å². The number of nitrogens with one attached hydrogen (secondary N) is 1. The zero-order valence-electron chi connectivity index (χ0n) is 11.6. The molecule has 1 N–H and O–H groups in total. The van der Waals surface area contributed by atoms with Crippen LogP contribution in [0.2, 0.25) is 0 Å². The Hall–Kier alpha value is -1.16. The molecule has 0 aliphatic carbocycles. The minimum Gasteiger partial charge on any atom is -0.381 e. The monoisotopic (exact) mass is 249 g/mol. The topological polar surface area (TPSA) is 47.0 Å². The van der Waals surface area contributed by atoms with E-state index >= 15 is 0 Å². The number of ether oxygens (including phenoxy) is 1. The summed E-state index contributed by atoms with van der Waals surface area (Å²) in [5, 5.41) is 3.29. The van der Waals surface area contributed by atoms with Crippen LogP contribution in [0.4, 0.5) is 5.82 Å². The molecule has 0 amide bonds. The number of nitrogens with zero attached hydrogens (tertiary/aromatic N) is 2. The standard InChI is InChI=1S/C14H23N3O/c1-4-15-13-8-12(10(2)3)16-14(17-13)11-6-5-7-18-9-11/h8,10-11H,4-7,9H2,1-3H3,(H,15,16,17). The molecule has 18 heavy (non-hydrogen) atoms. The summed E-state index contributed by atoms with van der Waals surface area (Å²) in [5.74, 6) is 2.66. The summed E-state index contributed by atoms with van der Waals surface area (Å²) >= 11 is 0. The Morgan fingerprint density at radius 2 is 2.28 bits per heavy atom. The molecule has 0 spiro atoms. The number of hydrogen-bond acceptors (Lipinski definition) is 4. The van der Waals surface area contributed by atoms with Crippen LogP contribution in [0.3, 0.4) is 0 Å². The molecular formula is C14H23N3O. The van der Waals surface area contributed by atoms with E-state index < -0.39 is 0 Å². The average molecular weight is 249 g/mol. The highest BCUT2D eigenvalue weighted by Crippen LogP contribution is 2.25. The van der Waals surface area contributed by atoms with Crippen molar-refractivity contribution in [3.8, 4) is 0 Å². The molecule has 4 nitrogen and oxygen atoms in total. The van der Waals surface area contributed by atoms with Crippen LogP contribution in [0.15, 0.2) is 6.07 Å². The van der Waals surface area contributed by atoms with Crippen molar-refractivity contribution in [2.45, 2.75) is 45.4 Å². The maximum atomic E-state index is 5.54. The first-order valence-corrected chi connectivity index (χ1v) is 6.91. The van der Waals surface area contributed by atoms with E-state index in [1.807, 2.05) is 0 Å². The van der Waals surface area contributed by atoms with Crippen molar-refractivity contribution >= 4 is 5.82 Å². The van der Waals surface area contributed by atoms with Gasteiger partial charge < -0.3 is 10.1 Å². The van der Waals surface area contributed by atoms with Gasteiger partial charge in [-0.25, -0.2) is 9.97 Å².